The Kier molecular flexibility index (Phi) is 3.94. The maximum absolute atomic E-state index is 12.4. The van der Waals surface area contributed by atoms with Gasteiger partial charge in [-0.25, -0.2) is 0 Å². The molecule has 0 saturated heterocycles. The molecule has 1 aromatic heterocycles. The van der Waals surface area contributed by atoms with E-state index in [0.717, 1.165) is 5.56 Å². The van der Waals surface area contributed by atoms with Crippen LogP contribution in [0.2, 0.25) is 5.02 Å². The summed E-state index contributed by atoms with van der Waals surface area (Å²) in [7, 11) is 0. The summed E-state index contributed by atoms with van der Waals surface area (Å²) in [4.78, 5) is 12.4. The van der Waals surface area contributed by atoms with Crippen molar-refractivity contribution in [3.05, 3.63) is 70.1 Å². The van der Waals surface area contributed by atoms with Crippen molar-refractivity contribution in [1.29, 1.82) is 5.26 Å². The Labute approximate surface area is 159 Å². The molecule has 2 N–H and O–H groups in total. The van der Waals surface area contributed by atoms with E-state index in [9.17, 15) is 9.90 Å². The highest BCUT2D eigenvalue weighted by Crippen LogP contribution is 2.42. The molecule has 3 aromatic rings. The number of aliphatic hydroxyl groups is 1. The SMILES string of the molecule is Cc1cc(/C(O)=C2\C(=O)Nc3cc(Cl)c(-c4ccc(C#N)cc4)cc32)on1. The third-order valence-electron chi connectivity index (χ3n) is 4.27. The maximum atomic E-state index is 12.4. The van der Waals surface area contributed by atoms with E-state index in [2.05, 4.69) is 16.5 Å². The quantitative estimate of drug-likeness (QED) is 0.504. The minimum absolute atomic E-state index is 0.0905. The predicted octanol–water partition coefficient (Wildman–Crippen LogP) is 4.55. The van der Waals surface area contributed by atoms with Gasteiger partial charge in [0.25, 0.3) is 5.91 Å². The van der Waals surface area contributed by atoms with Crippen LogP contribution >= 0.6 is 11.6 Å². The van der Waals surface area contributed by atoms with Gasteiger partial charge in [0.05, 0.1) is 33.6 Å². The lowest BCUT2D eigenvalue weighted by molar-refractivity contribution is -0.110. The van der Waals surface area contributed by atoms with E-state index >= 15 is 0 Å². The first-order valence-corrected chi connectivity index (χ1v) is 8.38. The van der Waals surface area contributed by atoms with Crippen LogP contribution in [-0.4, -0.2) is 16.2 Å². The van der Waals surface area contributed by atoms with Crippen molar-refractivity contribution >= 4 is 34.5 Å². The van der Waals surface area contributed by atoms with E-state index in [1.807, 2.05) is 0 Å². The van der Waals surface area contributed by atoms with Gasteiger partial charge in [-0.2, -0.15) is 5.26 Å². The summed E-state index contributed by atoms with van der Waals surface area (Å²) in [5, 5.41) is 26.4. The van der Waals surface area contributed by atoms with Crippen LogP contribution in [-0.2, 0) is 4.79 Å². The summed E-state index contributed by atoms with van der Waals surface area (Å²) in [5.74, 6) is -0.634. The number of aliphatic hydroxyl groups excluding tert-OH is 1. The first-order chi connectivity index (χ1) is 13.0. The summed E-state index contributed by atoms with van der Waals surface area (Å²) >= 11 is 6.39. The number of nitriles is 1. The molecule has 4 rings (SSSR count). The third kappa shape index (κ3) is 2.84. The highest BCUT2D eigenvalue weighted by Gasteiger charge is 2.31. The normalized spacial score (nSPS) is 14.5. The van der Waals surface area contributed by atoms with Crippen LogP contribution in [0.5, 0.6) is 0 Å². The van der Waals surface area contributed by atoms with E-state index in [0.29, 0.717) is 33.1 Å². The van der Waals surface area contributed by atoms with Crippen molar-refractivity contribution < 1.29 is 14.4 Å². The van der Waals surface area contributed by atoms with Crippen LogP contribution in [0.25, 0.3) is 22.5 Å². The smallest absolute Gasteiger partial charge is 0.260 e. The Bertz CT molecular complexity index is 1150. The van der Waals surface area contributed by atoms with Gasteiger partial charge in [-0.3, -0.25) is 4.79 Å². The van der Waals surface area contributed by atoms with Gasteiger partial charge in [-0.1, -0.05) is 28.9 Å². The molecular weight excluding hydrogens is 366 g/mol. The van der Waals surface area contributed by atoms with Crippen molar-refractivity contribution in [2.45, 2.75) is 6.92 Å². The number of benzene rings is 2. The number of nitrogens with one attached hydrogen (secondary N) is 1. The number of fused-ring (bicyclic) bond motifs is 1. The fraction of sp³-hybridized carbons (Fsp3) is 0.0500. The Balaban J connectivity index is 1.88. The number of carbonyl (C=O) groups excluding carboxylic acids is 1. The van der Waals surface area contributed by atoms with E-state index < -0.39 is 5.91 Å². The molecule has 0 saturated carbocycles. The molecule has 7 heteroatoms. The maximum Gasteiger partial charge on any atom is 0.260 e. The highest BCUT2D eigenvalue weighted by atomic mass is 35.5. The largest absolute Gasteiger partial charge is 0.504 e. The lowest BCUT2D eigenvalue weighted by atomic mass is 9.97. The number of rotatable bonds is 2. The summed E-state index contributed by atoms with van der Waals surface area (Å²) in [5.41, 5.74) is 3.69. The summed E-state index contributed by atoms with van der Waals surface area (Å²) < 4.78 is 5.07. The zero-order valence-corrected chi connectivity index (χ0v) is 14.8. The number of amides is 1. The van der Waals surface area contributed by atoms with Gasteiger partial charge in [0, 0.05) is 17.2 Å². The number of hydrogen-bond donors (Lipinski definition) is 2. The first kappa shape index (κ1) is 16.9. The van der Waals surface area contributed by atoms with Crippen molar-refractivity contribution in [2.24, 2.45) is 0 Å². The van der Waals surface area contributed by atoms with Crippen LogP contribution in [0.4, 0.5) is 5.69 Å². The molecule has 0 unspecified atom stereocenters. The monoisotopic (exact) mass is 377 g/mol. The number of hydrogen-bond acceptors (Lipinski definition) is 5. The van der Waals surface area contributed by atoms with Crippen molar-refractivity contribution in [1.82, 2.24) is 5.16 Å². The van der Waals surface area contributed by atoms with E-state index in [1.54, 1.807) is 49.4 Å². The fourth-order valence-electron chi connectivity index (χ4n) is 2.97. The number of anilines is 1. The molecule has 0 radical (unpaired) electrons. The van der Waals surface area contributed by atoms with Crippen LogP contribution in [0.15, 0.2) is 47.0 Å². The molecule has 1 aliphatic heterocycles. The van der Waals surface area contributed by atoms with Crippen LogP contribution in [0, 0.1) is 18.3 Å². The average molecular weight is 378 g/mol. The number of aryl methyl sites for hydroxylation is 1. The molecule has 1 aliphatic rings. The summed E-state index contributed by atoms with van der Waals surface area (Å²) in [6.45, 7) is 1.72. The molecule has 2 aromatic carbocycles. The number of halogens is 1. The summed E-state index contributed by atoms with van der Waals surface area (Å²) in [6, 6.07) is 13.9. The Morgan fingerprint density at radius 3 is 2.59 bits per heavy atom. The van der Waals surface area contributed by atoms with Crippen molar-refractivity contribution in [3.8, 4) is 17.2 Å². The second-order valence-corrected chi connectivity index (χ2v) is 6.48. The molecule has 27 heavy (non-hydrogen) atoms. The van der Waals surface area contributed by atoms with Gasteiger partial charge in [-0.15, -0.1) is 0 Å². The number of carbonyl (C=O) groups is 1. The lowest BCUT2D eigenvalue weighted by Crippen LogP contribution is -2.05. The second kappa shape index (κ2) is 6.31. The molecule has 0 fully saturated rings. The molecular formula is C20H12ClN3O3. The third-order valence-corrected chi connectivity index (χ3v) is 4.59. The zero-order chi connectivity index (χ0) is 19.1. The Morgan fingerprint density at radius 1 is 1.22 bits per heavy atom. The van der Waals surface area contributed by atoms with E-state index in [4.69, 9.17) is 21.4 Å². The topological polar surface area (TPSA) is 99.2 Å². The molecule has 132 valence electrons. The highest BCUT2D eigenvalue weighted by molar-refractivity contribution is 6.38. The standard InChI is InChI=1S/C20H12ClN3O3/c1-10-6-17(27-24-10)19(25)18-14-7-13(12-4-2-11(9-22)3-5-12)15(21)8-16(14)23-20(18)26/h2-8,25H,1H3,(H,23,26)/b19-18+. The Morgan fingerprint density at radius 2 is 1.96 bits per heavy atom. The fourth-order valence-corrected chi connectivity index (χ4v) is 3.24. The molecule has 0 bridgehead atoms. The van der Waals surface area contributed by atoms with Gasteiger partial charge in [0.2, 0.25) is 5.76 Å². The molecule has 0 atom stereocenters. The van der Waals surface area contributed by atoms with Crippen molar-refractivity contribution in [3.63, 3.8) is 0 Å². The molecule has 0 spiro atoms. The Hall–Kier alpha value is -3.56. The van der Waals surface area contributed by atoms with Gasteiger partial charge >= 0.3 is 0 Å². The number of aromatic nitrogens is 1. The van der Waals surface area contributed by atoms with Crippen molar-refractivity contribution in [2.75, 3.05) is 5.32 Å². The molecule has 0 aliphatic carbocycles. The van der Waals surface area contributed by atoms with Gasteiger partial charge in [0.15, 0.2) is 5.76 Å². The molecule has 6 nitrogen and oxygen atoms in total. The van der Waals surface area contributed by atoms with Gasteiger partial charge in [0.1, 0.15) is 0 Å². The lowest BCUT2D eigenvalue weighted by Gasteiger charge is -2.08. The predicted molar refractivity (Wildman–Crippen MR) is 101 cm³/mol. The second-order valence-electron chi connectivity index (χ2n) is 6.08. The zero-order valence-electron chi connectivity index (χ0n) is 14.1. The van der Waals surface area contributed by atoms with E-state index in [1.165, 1.54) is 0 Å². The van der Waals surface area contributed by atoms with Gasteiger partial charge in [-0.05, 0) is 36.8 Å². The minimum atomic E-state index is -0.454. The first-order valence-electron chi connectivity index (χ1n) is 8.00. The van der Waals surface area contributed by atoms with E-state index in [-0.39, 0.29) is 17.1 Å². The van der Waals surface area contributed by atoms with Crippen LogP contribution < -0.4 is 5.32 Å². The van der Waals surface area contributed by atoms with Crippen LogP contribution in [0.1, 0.15) is 22.6 Å². The minimum Gasteiger partial charge on any atom is -0.504 e. The van der Waals surface area contributed by atoms with Crippen LogP contribution in [0.3, 0.4) is 0 Å². The molecule has 2 heterocycles. The average Bonchev–Trinajstić information content (AvgIpc) is 3.23. The molecule has 1 amide bonds. The summed E-state index contributed by atoms with van der Waals surface area (Å²) in [6.07, 6.45) is 0. The number of nitrogens with zero attached hydrogens (tertiary/aromatic N) is 2. The van der Waals surface area contributed by atoms with Gasteiger partial charge < -0.3 is 14.9 Å².